The fraction of sp³-hybridized carbons (Fsp3) is 0.333. The van der Waals surface area contributed by atoms with Crippen LogP contribution in [0.25, 0.3) is 11.5 Å². The topological polar surface area (TPSA) is 64.9 Å². The summed E-state index contributed by atoms with van der Waals surface area (Å²) in [6.45, 7) is 4.02. The van der Waals surface area contributed by atoms with Crippen LogP contribution in [0, 0.1) is 6.92 Å². The molecule has 1 heterocycles. The molecule has 1 unspecified atom stereocenters. The molecule has 0 aliphatic rings. The van der Waals surface area contributed by atoms with E-state index in [1.807, 2.05) is 32.0 Å². The van der Waals surface area contributed by atoms with E-state index in [4.69, 9.17) is 10.3 Å². The third kappa shape index (κ3) is 2.56. The fourth-order valence-electron chi connectivity index (χ4n) is 1.47. The van der Waals surface area contributed by atoms with E-state index < -0.39 is 0 Å². The average Bonchev–Trinajstić information content (AvgIpc) is 2.77. The summed E-state index contributed by atoms with van der Waals surface area (Å²) in [6, 6.07) is 5.80. The van der Waals surface area contributed by atoms with Crippen molar-refractivity contribution in [2.24, 2.45) is 5.73 Å². The molecular formula is C12H14BrN3O. The molecule has 2 rings (SSSR count). The number of rotatable bonds is 3. The number of aryl methyl sites for hydroxylation is 1. The molecular weight excluding hydrogens is 282 g/mol. The molecule has 0 amide bonds. The summed E-state index contributed by atoms with van der Waals surface area (Å²) < 4.78 is 6.17. The molecule has 0 saturated heterocycles. The Morgan fingerprint density at radius 3 is 2.88 bits per heavy atom. The van der Waals surface area contributed by atoms with Gasteiger partial charge in [-0.2, -0.15) is 4.98 Å². The van der Waals surface area contributed by atoms with Crippen LogP contribution < -0.4 is 5.73 Å². The Labute approximate surface area is 108 Å². The van der Waals surface area contributed by atoms with Gasteiger partial charge in [-0.05, 0) is 47.0 Å². The lowest BCUT2D eigenvalue weighted by molar-refractivity contribution is 0.415. The van der Waals surface area contributed by atoms with Crippen LogP contribution in [0.3, 0.4) is 0 Å². The van der Waals surface area contributed by atoms with Crippen LogP contribution in [-0.4, -0.2) is 10.1 Å². The first-order valence-electron chi connectivity index (χ1n) is 5.47. The van der Waals surface area contributed by atoms with E-state index in [2.05, 4.69) is 26.1 Å². The molecule has 17 heavy (non-hydrogen) atoms. The maximum Gasteiger partial charge on any atom is 0.259 e. The molecule has 1 aromatic carbocycles. The van der Waals surface area contributed by atoms with Crippen molar-refractivity contribution in [3.8, 4) is 11.5 Å². The second-order valence-corrected chi connectivity index (χ2v) is 4.81. The molecule has 2 N–H and O–H groups in total. The average molecular weight is 296 g/mol. The van der Waals surface area contributed by atoms with E-state index in [0.29, 0.717) is 11.7 Å². The zero-order valence-corrected chi connectivity index (χ0v) is 11.4. The smallest absolute Gasteiger partial charge is 0.259 e. The summed E-state index contributed by atoms with van der Waals surface area (Å²) in [6.07, 6.45) is 0.786. The molecule has 0 radical (unpaired) electrons. The molecule has 0 bridgehead atoms. The third-order valence-corrected chi connectivity index (χ3v) is 3.22. The van der Waals surface area contributed by atoms with E-state index >= 15 is 0 Å². The Kier molecular flexibility index (Phi) is 3.59. The van der Waals surface area contributed by atoms with E-state index in [1.165, 1.54) is 5.56 Å². The molecule has 90 valence electrons. The molecule has 1 atom stereocenters. The summed E-state index contributed by atoms with van der Waals surface area (Å²) in [5.41, 5.74) is 7.91. The highest BCUT2D eigenvalue weighted by Crippen LogP contribution is 2.28. The molecule has 0 fully saturated rings. The zero-order chi connectivity index (χ0) is 12.4. The zero-order valence-electron chi connectivity index (χ0n) is 9.77. The number of nitrogens with two attached hydrogens (primary N) is 1. The molecule has 0 aliphatic heterocycles. The largest absolute Gasteiger partial charge is 0.334 e. The predicted molar refractivity (Wildman–Crippen MR) is 69.4 cm³/mol. The van der Waals surface area contributed by atoms with Crippen molar-refractivity contribution >= 4 is 15.9 Å². The van der Waals surface area contributed by atoms with E-state index in [-0.39, 0.29) is 6.04 Å². The van der Waals surface area contributed by atoms with Gasteiger partial charge in [0.2, 0.25) is 0 Å². The van der Waals surface area contributed by atoms with Gasteiger partial charge in [-0.25, -0.2) is 0 Å². The van der Waals surface area contributed by atoms with Crippen molar-refractivity contribution < 1.29 is 4.52 Å². The van der Waals surface area contributed by atoms with Crippen molar-refractivity contribution in [3.05, 3.63) is 34.1 Å². The first-order valence-corrected chi connectivity index (χ1v) is 6.26. The van der Waals surface area contributed by atoms with Crippen molar-refractivity contribution in [1.29, 1.82) is 0 Å². The third-order valence-electron chi connectivity index (χ3n) is 2.57. The highest BCUT2D eigenvalue weighted by Gasteiger charge is 2.15. The Hall–Kier alpha value is -1.20. The van der Waals surface area contributed by atoms with Gasteiger partial charge in [0.1, 0.15) is 0 Å². The highest BCUT2D eigenvalue weighted by atomic mass is 79.9. The number of nitrogens with zero attached hydrogens (tertiary/aromatic N) is 2. The van der Waals surface area contributed by atoms with Gasteiger partial charge in [0.15, 0.2) is 5.82 Å². The number of aromatic nitrogens is 2. The number of benzene rings is 1. The van der Waals surface area contributed by atoms with Gasteiger partial charge >= 0.3 is 0 Å². The van der Waals surface area contributed by atoms with Gasteiger partial charge in [-0.3, -0.25) is 0 Å². The Morgan fingerprint density at radius 2 is 2.24 bits per heavy atom. The number of halogens is 1. The van der Waals surface area contributed by atoms with Crippen molar-refractivity contribution in [3.63, 3.8) is 0 Å². The van der Waals surface area contributed by atoms with Crippen molar-refractivity contribution in [2.45, 2.75) is 26.3 Å². The van der Waals surface area contributed by atoms with Gasteiger partial charge < -0.3 is 10.3 Å². The van der Waals surface area contributed by atoms with E-state index in [0.717, 1.165) is 16.5 Å². The van der Waals surface area contributed by atoms with Crippen LogP contribution in [0.4, 0.5) is 0 Å². The van der Waals surface area contributed by atoms with Crippen LogP contribution in [-0.2, 0) is 0 Å². The Balaban J connectivity index is 2.37. The number of hydrogen-bond acceptors (Lipinski definition) is 4. The molecule has 4 nitrogen and oxygen atoms in total. The first-order chi connectivity index (χ1) is 8.11. The summed E-state index contributed by atoms with van der Waals surface area (Å²) >= 11 is 3.49. The minimum atomic E-state index is -0.170. The van der Waals surface area contributed by atoms with Gasteiger partial charge in [0.25, 0.3) is 5.89 Å². The standard InChI is InChI=1S/C12H14BrN3O/c1-3-10(14)11-15-12(17-16-11)8-5-4-7(2)6-9(8)13/h4-6,10H,3,14H2,1-2H3. The van der Waals surface area contributed by atoms with Crippen LogP contribution >= 0.6 is 15.9 Å². The lowest BCUT2D eigenvalue weighted by atomic mass is 10.1. The molecule has 1 aromatic heterocycles. The second kappa shape index (κ2) is 4.98. The minimum absolute atomic E-state index is 0.170. The van der Waals surface area contributed by atoms with Crippen LogP contribution in [0.15, 0.2) is 27.2 Å². The molecule has 0 aliphatic carbocycles. The summed E-state index contributed by atoms with van der Waals surface area (Å²) in [5.74, 6) is 1.05. The molecule has 0 saturated carbocycles. The highest BCUT2D eigenvalue weighted by molar-refractivity contribution is 9.10. The molecule has 0 spiro atoms. The van der Waals surface area contributed by atoms with E-state index in [1.54, 1.807) is 0 Å². The molecule has 5 heteroatoms. The SMILES string of the molecule is CCC(N)c1noc(-c2ccc(C)cc2Br)n1. The van der Waals surface area contributed by atoms with Crippen LogP contribution in [0.5, 0.6) is 0 Å². The maximum absolute atomic E-state index is 5.85. The quantitative estimate of drug-likeness (QED) is 0.944. The Morgan fingerprint density at radius 1 is 1.47 bits per heavy atom. The Bertz CT molecular complexity index is 524. The normalized spacial score (nSPS) is 12.7. The van der Waals surface area contributed by atoms with Crippen LogP contribution in [0.1, 0.15) is 30.8 Å². The lowest BCUT2D eigenvalue weighted by Gasteiger charge is -2.01. The van der Waals surface area contributed by atoms with Crippen LogP contribution in [0.2, 0.25) is 0 Å². The van der Waals surface area contributed by atoms with Gasteiger partial charge in [-0.15, -0.1) is 0 Å². The van der Waals surface area contributed by atoms with E-state index in [9.17, 15) is 0 Å². The molecule has 2 aromatic rings. The lowest BCUT2D eigenvalue weighted by Crippen LogP contribution is -2.10. The second-order valence-electron chi connectivity index (χ2n) is 3.96. The van der Waals surface area contributed by atoms with Gasteiger partial charge in [-0.1, -0.05) is 18.1 Å². The fourth-order valence-corrected chi connectivity index (χ4v) is 2.13. The minimum Gasteiger partial charge on any atom is -0.334 e. The number of hydrogen-bond donors (Lipinski definition) is 1. The summed E-state index contributed by atoms with van der Waals surface area (Å²) in [5, 5.41) is 3.89. The predicted octanol–water partition coefficient (Wildman–Crippen LogP) is 3.22. The first kappa shape index (κ1) is 12.3. The van der Waals surface area contributed by atoms with Gasteiger partial charge in [0, 0.05) is 4.47 Å². The van der Waals surface area contributed by atoms with Crippen molar-refractivity contribution in [2.75, 3.05) is 0 Å². The maximum atomic E-state index is 5.85. The van der Waals surface area contributed by atoms with Crippen molar-refractivity contribution in [1.82, 2.24) is 10.1 Å². The van der Waals surface area contributed by atoms with Gasteiger partial charge in [0.05, 0.1) is 11.6 Å². The monoisotopic (exact) mass is 295 g/mol. The summed E-state index contributed by atoms with van der Waals surface area (Å²) in [4.78, 5) is 4.31. The summed E-state index contributed by atoms with van der Waals surface area (Å²) in [7, 11) is 0.